The van der Waals surface area contributed by atoms with E-state index < -0.39 is 5.92 Å². The van der Waals surface area contributed by atoms with Gasteiger partial charge in [-0.05, 0) is 69.7 Å². The minimum atomic E-state index is -0.478. The molecule has 0 saturated heterocycles. The highest BCUT2D eigenvalue weighted by Gasteiger charge is 2.46. The van der Waals surface area contributed by atoms with Crippen LogP contribution in [0, 0.1) is 6.92 Å². The number of rotatable bonds is 2. The first-order valence-corrected chi connectivity index (χ1v) is 10.9. The van der Waals surface area contributed by atoms with Gasteiger partial charge in [0.25, 0.3) is 5.91 Å². The van der Waals surface area contributed by atoms with E-state index in [2.05, 4.69) is 33.4 Å². The summed E-state index contributed by atoms with van der Waals surface area (Å²) in [6.07, 6.45) is 0.804. The standard InChI is InChI=1S/C25H21BrN2O2/c1-15-10-11-21(20(26)14-15)27-24(29)22-18-8-4-5-9-19(18)25(30)28-13-12-16-6-2-3-7-17(16)23(22)28/h2-11,14,22-23H,12-13H2,1H3,(H,27,29)/t22-,23+/m0/s1. The van der Waals surface area contributed by atoms with Crippen molar-refractivity contribution in [3.63, 3.8) is 0 Å². The zero-order valence-corrected chi connectivity index (χ0v) is 18.1. The molecule has 0 fully saturated rings. The van der Waals surface area contributed by atoms with Gasteiger partial charge in [-0.15, -0.1) is 0 Å². The first kappa shape index (κ1) is 19.1. The van der Waals surface area contributed by atoms with E-state index in [1.54, 1.807) is 0 Å². The first-order chi connectivity index (χ1) is 14.5. The third-order valence-electron chi connectivity index (χ3n) is 6.10. The summed E-state index contributed by atoms with van der Waals surface area (Å²) in [5.74, 6) is -0.578. The Hall–Kier alpha value is -2.92. The van der Waals surface area contributed by atoms with Crippen LogP contribution < -0.4 is 5.32 Å². The number of benzene rings is 3. The van der Waals surface area contributed by atoms with Gasteiger partial charge in [-0.2, -0.15) is 0 Å². The summed E-state index contributed by atoms with van der Waals surface area (Å²) in [7, 11) is 0. The predicted octanol–water partition coefficient (Wildman–Crippen LogP) is 5.23. The quantitative estimate of drug-likeness (QED) is 0.568. The second-order valence-electron chi connectivity index (χ2n) is 7.93. The average Bonchev–Trinajstić information content (AvgIpc) is 2.76. The Balaban J connectivity index is 1.63. The SMILES string of the molecule is Cc1ccc(NC(=O)[C@H]2c3ccccc3C(=O)N3CCc4ccccc4[C@H]23)c(Br)c1. The number of hydrogen-bond acceptors (Lipinski definition) is 2. The molecule has 0 spiro atoms. The van der Waals surface area contributed by atoms with Gasteiger partial charge in [-0.3, -0.25) is 9.59 Å². The molecule has 2 aliphatic rings. The lowest BCUT2D eigenvalue weighted by atomic mass is 9.76. The molecule has 2 heterocycles. The van der Waals surface area contributed by atoms with Crippen LogP contribution in [0.5, 0.6) is 0 Å². The van der Waals surface area contributed by atoms with E-state index in [0.717, 1.165) is 33.3 Å². The molecule has 3 aromatic rings. The number of hydrogen-bond donors (Lipinski definition) is 1. The molecule has 2 amide bonds. The van der Waals surface area contributed by atoms with Gasteiger partial charge in [-0.1, -0.05) is 48.5 Å². The Morgan fingerprint density at radius 2 is 1.77 bits per heavy atom. The zero-order valence-electron chi connectivity index (χ0n) is 16.6. The lowest BCUT2D eigenvalue weighted by Crippen LogP contribution is -2.49. The van der Waals surface area contributed by atoms with E-state index in [1.807, 2.05) is 66.4 Å². The molecule has 3 aromatic carbocycles. The molecular weight excluding hydrogens is 440 g/mol. The predicted molar refractivity (Wildman–Crippen MR) is 121 cm³/mol. The van der Waals surface area contributed by atoms with Gasteiger partial charge < -0.3 is 10.2 Å². The Morgan fingerprint density at radius 1 is 1.03 bits per heavy atom. The lowest BCUT2D eigenvalue weighted by molar-refractivity contribution is -0.119. The summed E-state index contributed by atoms with van der Waals surface area (Å²) >= 11 is 3.56. The van der Waals surface area contributed by atoms with Crippen LogP contribution in [0.2, 0.25) is 0 Å². The van der Waals surface area contributed by atoms with E-state index in [9.17, 15) is 9.59 Å². The molecule has 1 N–H and O–H groups in total. The molecule has 2 aliphatic heterocycles. The number of anilines is 1. The van der Waals surface area contributed by atoms with Gasteiger partial charge in [0.15, 0.2) is 0 Å². The van der Waals surface area contributed by atoms with Crippen LogP contribution in [0.1, 0.15) is 44.6 Å². The van der Waals surface area contributed by atoms with Crippen molar-refractivity contribution in [2.75, 3.05) is 11.9 Å². The smallest absolute Gasteiger partial charge is 0.254 e. The fourth-order valence-corrected chi connectivity index (χ4v) is 5.28. The Labute approximate surface area is 184 Å². The van der Waals surface area contributed by atoms with E-state index in [0.29, 0.717) is 12.1 Å². The van der Waals surface area contributed by atoms with E-state index in [1.165, 1.54) is 5.56 Å². The molecule has 5 rings (SSSR count). The van der Waals surface area contributed by atoms with Gasteiger partial charge in [0, 0.05) is 16.6 Å². The number of carbonyl (C=O) groups excluding carboxylic acids is 2. The molecule has 0 aromatic heterocycles. The van der Waals surface area contributed by atoms with Gasteiger partial charge in [0.2, 0.25) is 5.91 Å². The number of fused-ring (bicyclic) bond motifs is 4. The summed E-state index contributed by atoms with van der Waals surface area (Å²) in [6.45, 7) is 2.63. The molecule has 150 valence electrons. The summed E-state index contributed by atoms with van der Waals surface area (Å²) in [5.41, 5.74) is 5.53. The summed E-state index contributed by atoms with van der Waals surface area (Å²) in [5, 5.41) is 3.10. The van der Waals surface area contributed by atoms with Crippen LogP contribution >= 0.6 is 15.9 Å². The van der Waals surface area contributed by atoms with Crippen LogP contribution in [0.4, 0.5) is 5.69 Å². The minimum Gasteiger partial charge on any atom is -0.330 e. The molecule has 0 radical (unpaired) electrons. The molecule has 0 bridgehead atoms. The fourth-order valence-electron chi connectivity index (χ4n) is 4.69. The molecule has 0 unspecified atom stereocenters. The fraction of sp³-hybridized carbons (Fsp3) is 0.200. The molecule has 0 saturated carbocycles. The van der Waals surface area contributed by atoms with Crippen LogP contribution in [0.25, 0.3) is 0 Å². The topological polar surface area (TPSA) is 49.4 Å². The lowest BCUT2D eigenvalue weighted by Gasteiger charge is -2.45. The maximum absolute atomic E-state index is 13.7. The second-order valence-corrected chi connectivity index (χ2v) is 8.78. The Kier molecular flexibility index (Phi) is 4.70. The molecule has 2 atom stereocenters. The monoisotopic (exact) mass is 460 g/mol. The van der Waals surface area contributed by atoms with Crippen LogP contribution in [0.15, 0.2) is 71.2 Å². The summed E-state index contributed by atoms with van der Waals surface area (Å²) in [6, 6.07) is 21.2. The maximum atomic E-state index is 13.7. The summed E-state index contributed by atoms with van der Waals surface area (Å²) in [4.78, 5) is 28.8. The molecule has 30 heavy (non-hydrogen) atoms. The highest BCUT2D eigenvalue weighted by atomic mass is 79.9. The molecule has 0 aliphatic carbocycles. The van der Waals surface area contributed by atoms with Crippen LogP contribution in [-0.2, 0) is 11.2 Å². The number of nitrogens with one attached hydrogen (secondary N) is 1. The molecule has 5 heteroatoms. The second kappa shape index (κ2) is 7.40. The van der Waals surface area contributed by atoms with Crippen molar-refractivity contribution in [1.29, 1.82) is 0 Å². The van der Waals surface area contributed by atoms with Crippen molar-refractivity contribution in [3.8, 4) is 0 Å². The first-order valence-electron chi connectivity index (χ1n) is 10.1. The van der Waals surface area contributed by atoms with Crippen molar-refractivity contribution >= 4 is 33.4 Å². The van der Waals surface area contributed by atoms with Gasteiger partial charge in [0.1, 0.15) is 0 Å². The van der Waals surface area contributed by atoms with E-state index in [4.69, 9.17) is 0 Å². The van der Waals surface area contributed by atoms with E-state index >= 15 is 0 Å². The number of halogens is 1. The van der Waals surface area contributed by atoms with Crippen molar-refractivity contribution < 1.29 is 9.59 Å². The third-order valence-corrected chi connectivity index (χ3v) is 6.76. The van der Waals surface area contributed by atoms with Gasteiger partial charge >= 0.3 is 0 Å². The van der Waals surface area contributed by atoms with Crippen molar-refractivity contribution in [1.82, 2.24) is 4.90 Å². The average molecular weight is 461 g/mol. The van der Waals surface area contributed by atoms with Crippen molar-refractivity contribution in [3.05, 3.63) is 99.0 Å². The van der Waals surface area contributed by atoms with Crippen molar-refractivity contribution in [2.45, 2.75) is 25.3 Å². The molecular formula is C25H21BrN2O2. The molecule has 4 nitrogen and oxygen atoms in total. The largest absolute Gasteiger partial charge is 0.330 e. The third kappa shape index (κ3) is 3.05. The Morgan fingerprint density at radius 3 is 2.57 bits per heavy atom. The van der Waals surface area contributed by atoms with Gasteiger partial charge in [0.05, 0.1) is 17.6 Å². The number of aryl methyl sites for hydroxylation is 1. The minimum absolute atomic E-state index is 0.00525. The highest BCUT2D eigenvalue weighted by molar-refractivity contribution is 9.10. The Bertz CT molecular complexity index is 1170. The highest BCUT2D eigenvalue weighted by Crippen LogP contribution is 2.46. The van der Waals surface area contributed by atoms with E-state index in [-0.39, 0.29) is 17.9 Å². The van der Waals surface area contributed by atoms with Crippen LogP contribution in [0.3, 0.4) is 0 Å². The van der Waals surface area contributed by atoms with Crippen LogP contribution in [-0.4, -0.2) is 23.3 Å². The number of nitrogens with zero attached hydrogens (tertiary/aromatic N) is 1. The number of amides is 2. The normalized spacial score (nSPS) is 19.5. The summed E-state index contributed by atoms with van der Waals surface area (Å²) < 4.78 is 0.844. The number of carbonyl (C=O) groups is 2. The zero-order chi connectivity index (χ0) is 20.8. The maximum Gasteiger partial charge on any atom is 0.254 e. The van der Waals surface area contributed by atoms with Gasteiger partial charge in [-0.25, -0.2) is 0 Å². The van der Waals surface area contributed by atoms with Crippen molar-refractivity contribution in [2.24, 2.45) is 0 Å².